The SMILES string of the molecule is O=C1C(Nc2ccc(OC(F)(F)F)cc2)=C(c2ccc([N+](=O)[O-])cc2)C(=O)N1c1ccccc1. The number of nitrogens with one attached hydrogen (secondary N) is 1. The Morgan fingerprint density at radius 2 is 1.47 bits per heavy atom. The number of non-ortho nitro benzene ring substituents is 1. The van der Waals surface area contributed by atoms with Crippen LogP contribution in [0.15, 0.2) is 84.6 Å². The van der Waals surface area contributed by atoms with Crippen molar-refractivity contribution in [2.75, 3.05) is 10.2 Å². The van der Waals surface area contributed by atoms with Crippen LogP contribution < -0.4 is 15.0 Å². The summed E-state index contributed by atoms with van der Waals surface area (Å²) < 4.78 is 41.1. The maximum absolute atomic E-state index is 13.3. The normalized spacial score (nSPS) is 13.9. The summed E-state index contributed by atoms with van der Waals surface area (Å²) in [4.78, 5) is 37.8. The maximum Gasteiger partial charge on any atom is 0.573 e. The molecule has 0 saturated heterocycles. The van der Waals surface area contributed by atoms with Crippen molar-refractivity contribution >= 4 is 34.4 Å². The molecular formula is C23H14F3N3O5. The molecule has 2 amide bonds. The number of alkyl halides is 3. The molecule has 0 saturated carbocycles. The number of anilines is 2. The van der Waals surface area contributed by atoms with Crippen LogP contribution in [-0.2, 0) is 9.59 Å². The number of nitrogens with zero attached hydrogens (tertiary/aromatic N) is 2. The molecule has 0 aromatic heterocycles. The second-order valence-electron chi connectivity index (χ2n) is 7.03. The summed E-state index contributed by atoms with van der Waals surface area (Å²) in [6.07, 6.45) is -4.86. The number of nitro benzene ring substituents is 1. The van der Waals surface area contributed by atoms with Gasteiger partial charge in [-0.25, -0.2) is 4.90 Å². The minimum atomic E-state index is -4.86. The number of ether oxygens (including phenoxy) is 1. The third kappa shape index (κ3) is 4.58. The molecule has 172 valence electrons. The van der Waals surface area contributed by atoms with E-state index < -0.39 is 28.8 Å². The van der Waals surface area contributed by atoms with Crippen LogP contribution in [0.3, 0.4) is 0 Å². The van der Waals surface area contributed by atoms with Gasteiger partial charge < -0.3 is 10.1 Å². The zero-order valence-corrected chi connectivity index (χ0v) is 17.1. The van der Waals surface area contributed by atoms with Gasteiger partial charge in [-0.3, -0.25) is 19.7 Å². The molecule has 0 radical (unpaired) electrons. The average molecular weight is 469 g/mol. The van der Waals surface area contributed by atoms with Gasteiger partial charge in [-0.2, -0.15) is 0 Å². The van der Waals surface area contributed by atoms with Gasteiger partial charge in [0.15, 0.2) is 0 Å². The molecule has 34 heavy (non-hydrogen) atoms. The molecule has 8 nitrogen and oxygen atoms in total. The summed E-state index contributed by atoms with van der Waals surface area (Å²) in [6, 6.07) is 17.8. The van der Waals surface area contributed by atoms with Crippen LogP contribution in [0.25, 0.3) is 5.57 Å². The summed E-state index contributed by atoms with van der Waals surface area (Å²) in [5.41, 5.74) is 0.409. The number of amides is 2. The minimum absolute atomic E-state index is 0.0423. The fourth-order valence-corrected chi connectivity index (χ4v) is 3.36. The van der Waals surface area contributed by atoms with E-state index in [0.29, 0.717) is 5.69 Å². The first-order valence-corrected chi connectivity index (χ1v) is 9.70. The average Bonchev–Trinajstić information content (AvgIpc) is 3.04. The Hall–Kier alpha value is -4.67. The van der Waals surface area contributed by atoms with Gasteiger partial charge in [0.05, 0.1) is 16.2 Å². The number of imide groups is 1. The number of nitro groups is 1. The fraction of sp³-hybridized carbons (Fsp3) is 0.0435. The van der Waals surface area contributed by atoms with Crippen molar-refractivity contribution in [1.29, 1.82) is 0 Å². The largest absolute Gasteiger partial charge is 0.573 e. The highest BCUT2D eigenvalue weighted by molar-refractivity contribution is 6.46. The molecule has 1 aliphatic rings. The van der Waals surface area contributed by atoms with Crippen LogP contribution in [0.5, 0.6) is 5.75 Å². The fourth-order valence-electron chi connectivity index (χ4n) is 3.36. The lowest BCUT2D eigenvalue weighted by atomic mass is 10.0. The number of halogens is 3. The van der Waals surface area contributed by atoms with Crippen molar-refractivity contribution in [2.24, 2.45) is 0 Å². The van der Waals surface area contributed by atoms with Gasteiger partial charge in [-0.05, 0) is 54.1 Å². The smallest absolute Gasteiger partial charge is 0.406 e. The molecule has 0 aliphatic carbocycles. The van der Waals surface area contributed by atoms with Crippen molar-refractivity contribution < 1.29 is 32.4 Å². The first-order chi connectivity index (χ1) is 16.1. The Labute approximate surface area is 190 Å². The molecule has 11 heteroatoms. The number of hydrogen-bond donors (Lipinski definition) is 1. The summed E-state index contributed by atoms with van der Waals surface area (Å²) in [6.45, 7) is 0. The number of hydrogen-bond acceptors (Lipinski definition) is 6. The van der Waals surface area contributed by atoms with Crippen LogP contribution in [-0.4, -0.2) is 23.1 Å². The van der Waals surface area contributed by atoms with Gasteiger partial charge in [0, 0.05) is 17.8 Å². The summed E-state index contributed by atoms with van der Waals surface area (Å²) in [7, 11) is 0. The highest BCUT2D eigenvalue weighted by Crippen LogP contribution is 2.34. The number of benzene rings is 3. The number of carbonyl (C=O) groups is 2. The van der Waals surface area contributed by atoms with Gasteiger partial charge in [-0.1, -0.05) is 18.2 Å². The molecule has 1 aliphatic heterocycles. The van der Waals surface area contributed by atoms with Gasteiger partial charge in [0.25, 0.3) is 17.5 Å². The van der Waals surface area contributed by atoms with Gasteiger partial charge in [-0.15, -0.1) is 13.2 Å². The minimum Gasteiger partial charge on any atom is -0.406 e. The Balaban J connectivity index is 1.73. The van der Waals surface area contributed by atoms with E-state index in [-0.39, 0.29) is 28.2 Å². The quantitative estimate of drug-likeness (QED) is 0.313. The van der Waals surface area contributed by atoms with E-state index in [4.69, 9.17) is 0 Å². The zero-order valence-electron chi connectivity index (χ0n) is 17.1. The Morgan fingerprint density at radius 3 is 2.03 bits per heavy atom. The zero-order chi connectivity index (χ0) is 24.5. The lowest BCUT2D eigenvalue weighted by molar-refractivity contribution is -0.384. The summed E-state index contributed by atoms with van der Waals surface area (Å²) in [5.74, 6) is -1.81. The third-order valence-corrected chi connectivity index (χ3v) is 4.82. The van der Waals surface area contributed by atoms with Gasteiger partial charge in [0.1, 0.15) is 11.4 Å². The monoisotopic (exact) mass is 469 g/mol. The van der Waals surface area contributed by atoms with Crippen LogP contribution in [0.1, 0.15) is 5.56 Å². The van der Waals surface area contributed by atoms with E-state index in [1.54, 1.807) is 30.3 Å². The van der Waals surface area contributed by atoms with E-state index in [1.165, 1.54) is 36.4 Å². The van der Waals surface area contributed by atoms with E-state index in [2.05, 4.69) is 10.1 Å². The lowest BCUT2D eigenvalue weighted by Gasteiger charge is -2.15. The standard InChI is InChI=1S/C23H14F3N3O5/c24-23(25,26)34-18-12-8-15(9-13-18)27-20-19(14-6-10-17(11-7-14)29(32)33)21(30)28(22(20)31)16-4-2-1-3-5-16/h1-13,27H. The molecule has 4 rings (SSSR count). The number of para-hydroxylation sites is 1. The molecule has 0 fully saturated rings. The first-order valence-electron chi connectivity index (χ1n) is 9.70. The number of carbonyl (C=O) groups excluding carboxylic acids is 2. The van der Waals surface area contributed by atoms with Crippen molar-refractivity contribution in [3.05, 3.63) is 100 Å². The van der Waals surface area contributed by atoms with Crippen molar-refractivity contribution in [3.8, 4) is 5.75 Å². The van der Waals surface area contributed by atoms with Gasteiger partial charge in [0.2, 0.25) is 0 Å². The van der Waals surface area contributed by atoms with E-state index in [1.807, 2.05) is 0 Å². The molecule has 0 spiro atoms. The second kappa shape index (κ2) is 8.70. The van der Waals surface area contributed by atoms with Crippen molar-refractivity contribution in [2.45, 2.75) is 6.36 Å². The molecular weight excluding hydrogens is 455 g/mol. The van der Waals surface area contributed by atoms with Crippen LogP contribution in [0.2, 0.25) is 0 Å². The molecule has 0 atom stereocenters. The first kappa shape index (κ1) is 22.5. The summed E-state index contributed by atoms with van der Waals surface area (Å²) in [5, 5.41) is 13.8. The predicted molar refractivity (Wildman–Crippen MR) is 116 cm³/mol. The molecule has 1 N–H and O–H groups in total. The lowest BCUT2D eigenvalue weighted by Crippen LogP contribution is -2.32. The second-order valence-corrected chi connectivity index (χ2v) is 7.03. The molecule has 3 aromatic carbocycles. The predicted octanol–water partition coefficient (Wildman–Crippen LogP) is 4.89. The molecule has 3 aromatic rings. The van der Waals surface area contributed by atoms with Crippen LogP contribution >= 0.6 is 0 Å². The topological polar surface area (TPSA) is 102 Å². The Kier molecular flexibility index (Phi) is 5.76. The van der Waals surface area contributed by atoms with Gasteiger partial charge >= 0.3 is 6.36 Å². The highest BCUT2D eigenvalue weighted by Gasteiger charge is 2.40. The maximum atomic E-state index is 13.3. The highest BCUT2D eigenvalue weighted by atomic mass is 19.4. The third-order valence-electron chi connectivity index (χ3n) is 4.82. The molecule has 0 unspecified atom stereocenters. The molecule has 1 heterocycles. The summed E-state index contributed by atoms with van der Waals surface area (Å²) >= 11 is 0. The van der Waals surface area contributed by atoms with E-state index in [0.717, 1.165) is 17.0 Å². The van der Waals surface area contributed by atoms with Crippen LogP contribution in [0.4, 0.5) is 30.2 Å². The van der Waals surface area contributed by atoms with Crippen LogP contribution in [0, 0.1) is 10.1 Å². The van der Waals surface area contributed by atoms with E-state index in [9.17, 15) is 32.9 Å². The Morgan fingerprint density at radius 1 is 0.853 bits per heavy atom. The Bertz CT molecular complexity index is 1290. The van der Waals surface area contributed by atoms with Crippen molar-refractivity contribution in [1.82, 2.24) is 0 Å². The van der Waals surface area contributed by atoms with E-state index >= 15 is 0 Å². The molecule has 0 bridgehead atoms. The number of rotatable bonds is 6. The van der Waals surface area contributed by atoms with Crippen molar-refractivity contribution in [3.63, 3.8) is 0 Å².